The van der Waals surface area contributed by atoms with Gasteiger partial charge in [-0.15, -0.1) is 0 Å². The molecule has 1 saturated heterocycles. The van der Waals surface area contributed by atoms with Crippen LogP contribution in [-0.4, -0.2) is 62.1 Å². The number of hydrogen-bond donors (Lipinski definition) is 2. The Balaban J connectivity index is 1.49. The molecular formula is C19H28N3O4+. The Bertz CT molecular complexity index is 643. The van der Waals surface area contributed by atoms with E-state index in [1.807, 2.05) is 36.1 Å². The van der Waals surface area contributed by atoms with Crippen molar-refractivity contribution in [3.8, 4) is 11.5 Å². The third-order valence-corrected chi connectivity index (χ3v) is 5.22. The van der Waals surface area contributed by atoms with E-state index in [0.717, 1.165) is 37.4 Å². The molecule has 3 N–H and O–H groups in total. The van der Waals surface area contributed by atoms with E-state index in [2.05, 4.69) is 0 Å². The lowest BCUT2D eigenvalue weighted by Crippen LogP contribution is -3.14. The first-order valence-corrected chi connectivity index (χ1v) is 9.36. The molecule has 0 spiro atoms. The topological polar surface area (TPSA) is 86.3 Å². The van der Waals surface area contributed by atoms with Gasteiger partial charge in [-0.3, -0.25) is 9.59 Å². The second kappa shape index (κ2) is 8.40. The number of piperidine rings is 1. The van der Waals surface area contributed by atoms with Crippen molar-refractivity contribution in [1.82, 2.24) is 4.90 Å². The summed E-state index contributed by atoms with van der Waals surface area (Å²) in [6.07, 6.45) is 1.37. The molecule has 0 unspecified atom stereocenters. The van der Waals surface area contributed by atoms with Crippen LogP contribution in [0.25, 0.3) is 0 Å². The molecule has 142 valence electrons. The lowest BCUT2D eigenvalue weighted by molar-refractivity contribution is -0.898. The van der Waals surface area contributed by atoms with Crippen molar-refractivity contribution in [3.63, 3.8) is 0 Å². The number of nitrogens with two attached hydrogens (primary N) is 1. The summed E-state index contributed by atoms with van der Waals surface area (Å²) in [5, 5.41) is 0. The number of quaternary nitrogens is 1. The van der Waals surface area contributed by atoms with Gasteiger partial charge in [-0.1, -0.05) is 12.1 Å². The maximum atomic E-state index is 12.7. The lowest BCUT2D eigenvalue weighted by atomic mass is 9.96. The van der Waals surface area contributed by atoms with E-state index in [4.69, 9.17) is 15.2 Å². The van der Waals surface area contributed by atoms with Gasteiger partial charge >= 0.3 is 0 Å². The van der Waals surface area contributed by atoms with E-state index >= 15 is 0 Å². The van der Waals surface area contributed by atoms with Gasteiger partial charge in [0, 0.05) is 25.3 Å². The van der Waals surface area contributed by atoms with Crippen LogP contribution in [0.15, 0.2) is 24.3 Å². The number of likely N-dealkylation sites (tertiary alicyclic amines) is 1. The van der Waals surface area contributed by atoms with Gasteiger partial charge in [-0.2, -0.15) is 0 Å². The van der Waals surface area contributed by atoms with E-state index in [1.54, 1.807) is 0 Å². The van der Waals surface area contributed by atoms with Crippen molar-refractivity contribution in [3.05, 3.63) is 24.3 Å². The summed E-state index contributed by atoms with van der Waals surface area (Å²) in [7, 11) is 0. The van der Waals surface area contributed by atoms with Gasteiger partial charge in [-0.25, -0.2) is 0 Å². The van der Waals surface area contributed by atoms with E-state index in [9.17, 15) is 9.59 Å². The van der Waals surface area contributed by atoms with Crippen LogP contribution in [0.1, 0.15) is 19.8 Å². The number of nitrogens with one attached hydrogen (secondary N) is 1. The second-order valence-corrected chi connectivity index (χ2v) is 7.03. The number of carbonyl (C=O) groups is 2. The van der Waals surface area contributed by atoms with Crippen molar-refractivity contribution in [2.75, 3.05) is 39.3 Å². The van der Waals surface area contributed by atoms with Crippen molar-refractivity contribution >= 4 is 11.8 Å². The molecule has 1 aromatic rings. The molecule has 1 aromatic carbocycles. The first-order chi connectivity index (χ1) is 12.6. The summed E-state index contributed by atoms with van der Waals surface area (Å²) < 4.78 is 11.7. The van der Waals surface area contributed by atoms with Crippen LogP contribution < -0.4 is 20.1 Å². The zero-order valence-corrected chi connectivity index (χ0v) is 15.3. The number of nitrogens with zero attached hydrogens (tertiary/aromatic N) is 1. The summed E-state index contributed by atoms with van der Waals surface area (Å²) >= 11 is 0. The van der Waals surface area contributed by atoms with Gasteiger partial charge < -0.3 is 25.0 Å². The molecule has 0 aromatic heterocycles. The molecule has 7 heteroatoms. The monoisotopic (exact) mass is 362 g/mol. The first-order valence-electron chi connectivity index (χ1n) is 9.36. The Labute approximate surface area is 154 Å². The number of para-hydroxylation sites is 2. The number of likely N-dealkylation sites (N-methyl/N-ethyl adjacent to an activating group) is 1. The molecule has 2 amide bonds. The van der Waals surface area contributed by atoms with Crippen LogP contribution >= 0.6 is 0 Å². The zero-order chi connectivity index (χ0) is 18.5. The highest BCUT2D eigenvalue weighted by Gasteiger charge is 2.30. The van der Waals surface area contributed by atoms with Crippen LogP contribution in [0, 0.1) is 5.92 Å². The fourth-order valence-electron chi connectivity index (χ4n) is 3.62. The van der Waals surface area contributed by atoms with E-state index < -0.39 is 0 Å². The Morgan fingerprint density at radius 1 is 1.23 bits per heavy atom. The summed E-state index contributed by atoms with van der Waals surface area (Å²) in [5.74, 6) is 1.33. The van der Waals surface area contributed by atoms with E-state index in [1.165, 1.54) is 4.90 Å². The number of fused-ring (bicyclic) bond motifs is 1. The average molecular weight is 362 g/mol. The molecule has 0 bridgehead atoms. The standard InChI is InChI=1S/C19H27N3O4/c1-2-22(11-15-13-25-16-5-3-4-6-17(16)26-15)18(23)12-21-9-7-14(8-10-21)19(20)24/h3-6,14-15H,2,7-13H2,1H3,(H2,20,24)/p+1/t15-/m1/s1. The first kappa shape index (κ1) is 18.5. The van der Waals surface area contributed by atoms with Crippen molar-refractivity contribution in [2.24, 2.45) is 11.7 Å². The van der Waals surface area contributed by atoms with Gasteiger partial charge in [0.25, 0.3) is 5.91 Å². The summed E-state index contributed by atoms with van der Waals surface area (Å²) in [6, 6.07) is 7.58. The van der Waals surface area contributed by atoms with E-state index in [0.29, 0.717) is 26.2 Å². The van der Waals surface area contributed by atoms with Crippen LogP contribution in [0.4, 0.5) is 0 Å². The molecule has 2 aliphatic rings. The molecule has 1 fully saturated rings. The third kappa shape index (κ3) is 4.46. The SMILES string of the molecule is CCN(C[C@@H]1COc2ccccc2O1)C(=O)C[NH+]1CCC(C(N)=O)CC1. The van der Waals surface area contributed by atoms with Crippen LogP contribution in [0.3, 0.4) is 0 Å². The summed E-state index contributed by atoms with van der Waals surface area (Å²) in [5.41, 5.74) is 5.37. The minimum atomic E-state index is -0.222. The molecule has 0 aliphatic carbocycles. The molecule has 0 saturated carbocycles. The van der Waals surface area contributed by atoms with Crippen molar-refractivity contribution in [2.45, 2.75) is 25.9 Å². The number of primary amides is 1. The molecule has 2 aliphatic heterocycles. The summed E-state index contributed by atoms with van der Waals surface area (Å²) in [4.78, 5) is 27.0. The Kier molecular flexibility index (Phi) is 5.98. The highest BCUT2D eigenvalue weighted by atomic mass is 16.6. The Hall–Kier alpha value is -2.28. The van der Waals surface area contributed by atoms with Crippen molar-refractivity contribution in [1.29, 1.82) is 0 Å². The second-order valence-electron chi connectivity index (χ2n) is 7.03. The number of rotatable bonds is 6. The molecule has 1 atom stereocenters. The van der Waals surface area contributed by atoms with Gasteiger partial charge in [-0.05, 0) is 19.1 Å². The van der Waals surface area contributed by atoms with Crippen LogP contribution in [0.5, 0.6) is 11.5 Å². The minimum Gasteiger partial charge on any atom is -0.486 e. The number of amides is 2. The molecule has 2 heterocycles. The van der Waals surface area contributed by atoms with Gasteiger partial charge in [0.2, 0.25) is 5.91 Å². The van der Waals surface area contributed by atoms with Crippen LogP contribution in [-0.2, 0) is 9.59 Å². The third-order valence-electron chi connectivity index (χ3n) is 5.22. The van der Waals surface area contributed by atoms with Gasteiger partial charge in [0.05, 0.1) is 19.6 Å². The quantitative estimate of drug-likeness (QED) is 0.711. The maximum Gasteiger partial charge on any atom is 0.277 e. The largest absolute Gasteiger partial charge is 0.486 e. The van der Waals surface area contributed by atoms with Crippen molar-refractivity contribution < 1.29 is 24.0 Å². The van der Waals surface area contributed by atoms with Gasteiger partial charge in [0.1, 0.15) is 6.61 Å². The summed E-state index contributed by atoms with van der Waals surface area (Å²) in [6.45, 7) is 5.64. The number of benzene rings is 1. The molecular weight excluding hydrogens is 334 g/mol. The molecule has 3 rings (SSSR count). The molecule has 0 radical (unpaired) electrons. The fourth-order valence-corrected chi connectivity index (χ4v) is 3.62. The van der Waals surface area contributed by atoms with Gasteiger partial charge in [0.15, 0.2) is 24.1 Å². The normalized spacial score (nSPS) is 24.7. The smallest absolute Gasteiger partial charge is 0.277 e. The number of hydrogen-bond acceptors (Lipinski definition) is 4. The zero-order valence-electron chi connectivity index (χ0n) is 15.3. The minimum absolute atomic E-state index is 0.0380. The highest BCUT2D eigenvalue weighted by Crippen LogP contribution is 2.30. The highest BCUT2D eigenvalue weighted by molar-refractivity contribution is 5.77. The average Bonchev–Trinajstić information content (AvgIpc) is 2.66. The predicted molar refractivity (Wildman–Crippen MR) is 96.1 cm³/mol. The van der Waals surface area contributed by atoms with E-state index in [-0.39, 0.29) is 23.8 Å². The van der Waals surface area contributed by atoms with Crippen LogP contribution in [0.2, 0.25) is 0 Å². The number of ether oxygens (including phenoxy) is 2. The fraction of sp³-hybridized carbons (Fsp3) is 0.579. The Morgan fingerprint density at radius 2 is 1.92 bits per heavy atom. The molecule has 7 nitrogen and oxygen atoms in total. The maximum absolute atomic E-state index is 12.7. The molecule has 26 heavy (non-hydrogen) atoms. The Morgan fingerprint density at radius 3 is 2.58 bits per heavy atom. The predicted octanol–water partition coefficient (Wildman–Crippen LogP) is -0.545. The lowest BCUT2D eigenvalue weighted by Gasteiger charge is -2.32. The number of carbonyl (C=O) groups excluding carboxylic acids is 2.